The van der Waals surface area contributed by atoms with E-state index >= 15 is 0 Å². The first-order valence-corrected chi connectivity index (χ1v) is 8.97. The van der Waals surface area contributed by atoms with Crippen LogP contribution in [0, 0.1) is 11.6 Å². The van der Waals surface area contributed by atoms with Gasteiger partial charge in [-0.05, 0) is 36.2 Å². The highest BCUT2D eigenvalue weighted by molar-refractivity contribution is 7.92. The van der Waals surface area contributed by atoms with Crippen LogP contribution in [0.2, 0.25) is 0 Å². The van der Waals surface area contributed by atoms with Gasteiger partial charge in [-0.15, -0.1) is 0 Å². The number of ether oxygens (including phenoxy) is 1. The number of amides is 1. The topological polar surface area (TPSA) is 96.9 Å². The van der Waals surface area contributed by atoms with Gasteiger partial charge in [-0.1, -0.05) is 0 Å². The van der Waals surface area contributed by atoms with Gasteiger partial charge in [-0.2, -0.15) is 0 Å². The number of halogens is 3. The maximum absolute atomic E-state index is 14.0. The average Bonchev–Trinajstić information content (AvgIpc) is 2.88. The van der Waals surface area contributed by atoms with Gasteiger partial charge in [-0.3, -0.25) is 9.52 Å². The van der Waals surface area contributed by atoms with Crippen LogP contribution >= 0.6 is 11.6 Å². The summed E-state index contributed by atoms with van der Waals surface area (Å²) < 4.78 is 56.7. The Morgan fingerprint density at radius 2 is 2.00 bits per heavy atom. The zero-order valence-electron chi connectivity index (χ0n) is 12.6. The third-order valence-corrected chi connectivity index (χ3v) is 3.91. The molecular formula is C13H14ClF2N3O4S. The summed E-state index contributed by atoms with van der Waals surface area (Å²) in [4.78, 5) is 15.7. The Morgan fingerprint density at radius 1 is 1.42 bits per heavy atom. The van der Waals surface area contributed by atoms with Gasteiger partial charge >= 0.3 is 0 Å². The Balaban J connectivity index is 2.15. The summed E-state index contributed by atoms with van der Waals surface area (Å²) in [6, 6.07) is 0.287. The van der Waals surface area contributed by atoms with Crippen molar-refractivity contribution in [3.8, 4) is 0 Å². The molecule has 0 saturated carbocycles. The number of anilines is 1. The van der Waals surface area contributed by atoms with Crippen molar-refractivity contribution >= 4 is 38.6 Å². The zero-order valence-corrected chi connectivity index (χ0v) is 14.2. The lowest BCUT2D eigenvalue weighted by atomic mass is 10.1. The molecule has 132 valence electrons. The van der Waals surface area contributed by atoms with Crippen molar-refractivity contribution in [3.05, 3.63) is 29.3 Å². The smallest absolute Gasteiger partial charge is 0.283 e. The second-order valence-electron chi connectivity index (χ2n) is 5.17. The van der Waals surface area contributed by atoms with Crippen molar-refractivity contribution in [2.45, 2.75) is 19.0 Å². The summed E-state index contributed by atoms with van der Waals surface area (Å²) in [5.74, 6) is -2.71. The van der Waals surface area contributed by atoms with Crippen LogP contribution in [0.25, 0.3) is 0 Å². The van der Waals surface area contributed by atoms with E-state index < -0.39 is 45.3 Å². The molecule has 1 aliphatic heterocycles. The second kappa shape index (κ2) is 6.89. The minimum atomic E-state index is -3.83. The number of hydrogen-bond acceptors (Lipinski definition) is 5. The average molecular weight is 382 g/mol. The highest BCUT2D eigenvalue weighted by Crippen LogP contribution is 2.25. The predicted octanol–water partition coefficient (Wildman–Crippen LogP) is 1.51. The molecule has 2 N–H and O–H groups in total. The number of sulfonamides is 1. The SMILES string of the molecule is C[C@@H](NC(=O)C1COC(Cl)=N1)c1cc(F)c(NS(C)(=O)=O)c(F)c1. The Labute approximate surface area is 142 Å². The number of carbonyl (C=O) groups excluding carboxylic acids is 1. The molecular weight excluding hydrogens is 368 g/mol. The minimum Gasteiger partial charge on any atom is -0.466 e. The van der Waals surface area contributed by atoms with Crippen molar-refractivity contribution in [3.63, 3.8) is 0 Å². The van der Waals surface area contributed by atoms with Crippen LogP contribution in [0.5, 0.6) is 0 Å². The van der Waals surface area contributed by atoms with Gasteiger partial charge in [0.05, 0.1) is 12.3 Å². The van der Waals surface area contributed by atoms with Crippen LogP contribution in [0.3, 0.4) is 0 Å². The van der Waals surface area contributed by atoms with Gasteiger partial charge in [0.2, 0.25) is 15.9 Å². The standard InChI is InChI=1S/C13H14ClF2N3O4S/c1-6(17-12(20)10-5-23-13(14)18-10)7-3-8(15)11(9(16)4-7)19-24(2,21)22/h3-4,6,10,19H,5H2,1-2H3,(H,17,20)/t6-,10?/m1/s1. The molecule has 24 heavy (non-hydrogen) atoms. The molecule has 0 aromatic heterocycles. The largest absolute Gasteiger partial charge is 0.466 e. The summed E-state index contributed by atoms with van der Waals surface area (Å²) in [6.45, 7) is 1.49. The first-order valence-electron chi connectivity index (χ1n) is 6.70. The third-order valence-electron chi connectivity index (χ3n) is 3.13. The number of rotatable bonds is 5. The van der Waals surface area contributed by atoms with E-state index in [1.807, 2.05) is 0 Å². The van der Waals surface area contributed by atoms with Crippen LogP contribution < -0.4 is 10.0 Å². The maximum atomic E-state index is 14.0. The fourth-order valence-corrected chi connectivity index (χ4v) is 2.74. The van der Waals surface area contributed by atoms with Crippen LogP contribution in [0.15, 0.2) is 17.1 Å². The molecule has 11 heteroatoms. The molecule has 0 fully saturated rings. The van der Waals surface area contributed by atoms with Crippen molar-refractivity contribution in [1.29, 1.82) is 0 Å². The normalized spacial score (nSPS) is 18.5. The van der Waals surface area contributed by atoms with E-state index in [0.29, 0.717) is 0 Å². The maximum Gasteiger partial charge on any atom is 0.283 e. The molecule has 0 spiro atoms. The number of nitrogens with zero attached hydrogens (tertiary/aromatic N) is 1. The Bertz CT molecular complexity index is 777. The van der Waals surface area contributed by atoms with Crippen molar-refractivity contribution in [2.75, 3.05) is 17.6 Å². The third kappa shape index (κ3) is 4.54. The first-order chi connectivity index (χ1) is 11.1. The molecule has 0 bridgehead atoms. The van der Waals surface area contributed by atoms with E-state index in [1.165, 1.54) is 6.92 Å². The van der Waals surface area contributed by atoms with E-state index in [-0.39, 0.29) is 17.5 Å². The molecule has 1 amide bonds. The van der Waals surface area contributed by atoms with Crippen molar-refractivity contribution in [1.82, 2.24) is 5.32 Å². The summed E-state index contributed by atoms with van der Waals surface area (Å²) in [7, 11) is -3.83. The summed E-state index contributed by atoms with van der Waals surface area (Å²) in [6.07, 6.45) is 0.776. The number of carbonyl (C=O) groups is 1. The number of nitrogens with one attached hydrogen (secondary N) is 2. The van der Waals surface area contributed by atoms with Gasteiger partial charge in [0.15, 0.2) is 17.7 Å². The number of benzene rings is 1. The molecule has 1 aromatic rings. The number of aliphatic imine (C=N–C) groups is 1. The first kappa shape index (κ1) is 18.4. The summed E-state index contributed by atoms with van der Waals surface area (Å²) >= 11 is 5.51. The van der Waals surface area contributed by atoms with Crippen molar-refractivity contribution < 1.29 is 26.7 Å². The van der Waals surface area contributed by atoms with Gasteiger partial charge < -0.3 is 10.1 Å². The highest BCUT2D eigenvalue weighted by Gasteiger charge is 2.26. The monoisotopic (exact) mass is 381 g/mol. The Morgan fingerprint density at radius 3 is 2.46 bits per heavy atom. The molecule has 1 unspecified atom stereocenters. The molecule has 0 saturated heterocycles. The summed E-state index contributed by atoms with van der Waals surface area (Å²) in [5.41, 5.74) is -0.660. The zero-order chi connectivity index (χ0) is 18.1. The molecule has 1 aromatic carbocycles. The summed E-state index contributed by atoms with van der Waals surface area (Å²) in [5, 5.41) is 2.40. The highest BCUT2D eigenvalue weighted by atomic mass is 35.5. The van der Waals surface area contributed by atoms with E-state index in [2.05, 4.69) is 10.3 Å². The molecule has 0 radical (unpaired) electrons. The minimum absolute atomic E-state index is 0.0165. The van der Waals surface area contributed by atoms with Crippen molar-refractivity contribution in [2.24, 2.45) is 4.99 Å². The Hall–Kier alpha value is -1.94. The lowest BCUT2D eigenvalue weighted by Crippen LogP contribution is -2.36. The number of hydrogen-bond donors (Lipinski definition) is 2. The molecule has 2 atom stereocenters. The van der Waals surface area contributed by atoms with Crippen LogP contribution in [-0.4, -0.2) is 38.6 Å². The van der Waals surface area contributed by atoms with Gasteiger partial charge in [0.1, 0.15) is 12.3 Å². The van der Waals surface area contributed by atoms with Crippen LogP contribution in [-0.2, 0) is 19.6 Å². The fourth-order valence-electron chi connectivity index (χ4n) is 2.00. The van der Waals surface area contributed by atoms with E-state index in [0.717, 1.165) is 18.4 Å². The van der Waals surface area contributed by atoms with Gasteiger partial charge in [0.25, 0.3) is 5.36 Å². The van der Waals surface area contributed by atoms with E-state index in [1.54, 1.807) is 4.72 Å². The fraction of sp³-hybridized carbons (Fsp3) is 0.385. The molecule has 7 nitrogen and oxygen atoms in total. The molecule has 2 rings (SSSR count). The predicted molar refractivity (Wildman–Crippen MR) is 84.4 cm³/mol. The lowest BCUT2D eigenvalue weighted by molar-refractivity contribution is -0.123. The lowest BCUT2D eigenvalue weighted by Gasteiger charge is -2.17. The van der Waals surface area contributed by atoms with Gasteiger partial charge in [-0.25, -0.2) is 22.2 Å². The molecule has 0 aliphatic carbocycles. The quantitative estimate of drug-likeness (QED) is 0.807. The van der Waals surface area contributed by atoms with Gasteiger partial charge in [0, 0.05) is 0 Å². The molecule has 1 heterocycles. The van der Waals surface area contributed by atoms with Crippen LogP contribution in [0.4, 0.5) is 14.5 Å². The van der Waals surface area contributed by atoms with Crippen LogP contribution in [0.1, 0.15) is 18.5 Å². The second-order valence-corrected chi connectivity index (χ2v) is 7.24. The molecule has 1 aliphatic rings. The van der Waals surface area contributed by atoms with E-state index in [4.69, 9.17) is 16.3 Å². The Kier molecular flexibility index (Phi) is 5.29. The van der Waals surface area contributed by atoms with E-state index in [9.17, 15) is 22.0 Å².